The van der Waals surface area contributed by atoms with Gasteiger partial charge >= 0.3 is 5.97 Å². The molecule has 1 aromatic rings. The highest BCUT2D eigenvalue weighted by Crippen LogP contribution is 2.30. The van der Waals surface area contributed by atoms with Gasteiger partial charge in [-0.3, -0.25) is 9.78 Å². The van der Waals surface area contributed by atoms with Gasteiger partial charge in [0.25, 0.3) is 0 Å². The van der Waals surface area contributed by atoms with Gasteiger partial charge in [0, 0.05) is 12.7 Å². The van der Waals surface area contributed by atoms with E-state index in [0.717, 1.165) is 25.7 Å². The number of nitrogens with one attached hydrogen (secondary N) is 1. The molecule has 0 aliphatic heterocycles. The number of anilines is 1. The fourth-order valence-electron chi connectivity index (χ4n) is 2.65. The molecule has 100 valence electrons. The van der Waals surface area contributed by atoms with E-state index in [-0.39, 0.29) is 11.8 Å². The predicted octanol–water partition coefficient (Wildman–Crippen LogP) is 2.26. The molecule has 0 saturated heterocycles. The van der Waals surface area contributed by atoms with Crippen molar-refractivity contribution in [3.63, 3.8) is 0 Å². The number of hydrogen-bond donors (Lipinski definition) is 2. The van der Waals surface area contributed by atoms with Gasteiger partial charge in [-0.05, 0) is 24.8 Å². The lowest BCUT2D eigenvalue weighted by Crippen LogP contribution is -2.31. The van der Waals surface area contributed by atoms with E-state index in [9.17, 15) is 9.90 Å². The maximum absolute atomic E-state index is 11.2. The average molecular weight is 259 g/mol. The standard InChI is InChI=1S/C14H17N3O2/c15-7-10-5-6-16-9-13(10)17-8-11-3-1-2-4-12(11)14(18)19/h5-6,9,11-12,17H,1-4,8H2,(H,18,19). The molecule has 1 saturated carbocycles. The molecular formula is C14H17N3O2. The molecule has 0 aromatic carbocycles. The minimum atomic E-state index is -0.710. The highest BCUT2D eigenvalue weighted by atomic mass is 16.4. The van der Waals surface area contributed by atoms with Crippen LogP contribution in [0.5, 0.6) is 0 Å². The van der Waals surface area contributed by atoms with Crippen molar-refractivity contribution in [1.82, 2.24) is 4.98 Å². The molecule has 2 atom stereocenters. The van der Waals surface area contributed by atoms with Gasteiger partial charge in [-0.15, -0.1) is 0 Å². The predicted molar refractivity (Wildman–Crippen MR) is 70.5 cm³/mol. The minimum absolute atomic E-state index is 0.123. The van der Waals surface area contributed by atoms with E-state index in [2.05, 4.69) is 16.4 Å². The highest BCUT2D eigenvalue weighted by molar-refractivity contribution is 5.70. The maximum atomic E-state index is 11.2. The minimum Gasteiger partial charge on any atom is -0.481 e. The summed E-state index contributed by atoms with van der Waals surface area (Å²) in [5.74, 6) is -0.861. The van der Waals surface area contributed by atoms with Crippen LogP contribution >= 0.6 is 0 Å². The van der Waals surface area contributed by atoms with Crippen molar-refractivity contribution in [2.45, 2.75) is 25.7 Å². The summed E-state index contributed by atoms with van der Waals surface area (Å²) < 4.78 is 0. The Morgan fingerprint density at radius 2 is 2.32 bits per heavy atom. The summed E-state index contributed by atoms with van der Waals surface area (Å²) >= 11 is 0. The quantitative estimate of drug-likeness (QED) is 0.866. The second kappa shape index (κ2) is 6.19. The number of nitrogens with zero attached hydrogens (tertiary/aromatic N) is 2. The average Bonchev–Trinajstić information content (AvgIpc) is 2.45. The number of hydrogen-bond acceptors (Lipinski definition) is 4. The van der Waals surface area contributed by atoms with Crippen molar-refractivity contribution in [2.24, 2.45) is 11.8 Å². The molecular weight excluding hydrogens is 242 g/mol. The zero-order chi connectivity index (χ0) is 13.7. The summed E-state index contributed by atoms with van der Waals surface area (Å²) in [4.78, 5) is 15.2. The van der Waals surface area contributed by atoms with Gasteiger partial charge in [-0.2, -0.15) is 5.26 Å². The Labute approximate surface area is 112 Å². The first-order valence-corrected chi connectivity index (χ1v) is 6.53. The van der Waals surface area contributed by atoms with Gasteiger partial charge in [-0.25, -0.2) is 0 Å². The van der Waals surface area contributed by atoms with Crippen LogP contribution in [0.25, 0.3) is 0 Å². The Morgan fingerprint density at radius 3 is 3.05 bits per heavy atom. The van der Waals surface area contributed by atoms with Gasteiger partial charge in [0.1, 0.15) is 6.07 Å². The Morgan fingerprint density at radius 1 is 1.53 bits per heavy atom. The van der Waals surface area contributed by atoms with Gasteiger partial charge in [0.2, 0.25) is 0 Å². The van der Waals surface area contributed by atoms with Crippen molar-refractivity contribution in [3.8, 4) is 6.07 Å². The van der Waals surface area contributed by atoms with Crippen LogP contribution in [-0.2, 0) is 4.79 Å². The fraction of sp³-hybridized carbons (Fsp3) is 0.500. The first-order chi connectivity index (χ1) is 9.22. The Kier molecular flexibility index (Phi) is 4.35. The van der Waals surface area contributed by atoms with Crippen molar-refractivity contribution >= 4 is 11.7 Å². The zero-order valence-electron chi connectivity index (χ0n) is 10.7. The SMILES string of the molecule is N#Cc1ccncc1NCC1CCCCC1C(=O)O. The number of rotatable bonds is 4. The van der Waals surface area contributed by atoms with Crippen LogP contribution in [0.4, 0.5) is 5.69 Å². The van der Waals surface area contributed by atoms with E-state index in [1.807, 2.05) is 0 Å². The van der Waals surface area contributed by atoms with Crippen LogP contribution in [0.2, 0.25) is 0 Å². The van der Waals surface area contributed by atoms with Crippen LogP contribution in [-0.4, -0.2) is 22.6 Å². The highest BCUT2D eigenvalue weighted by Gasteiger charge is 2.30. The van der Waals surface area contributed by atoms with E-state index in [1.165, 1.54) is 0 Å². The lowest BCUT2D eigenvalue weighted by molar-refractivity contribution is -0.144. The normalized spacial score (nSPS) is 22.5. The monoisotopic (exact) mass is 259 g/mol. The second-order valence-electron chi connectivity index (χ2n) is 4.90. The molecule has 2 N–H and O–H groups in total. The molecule has 1 aromatic heterocycles. The Hall–Kier alpha value is -2.09. The summed E-state index contributed by atoms with van der Waals surface area (Å²) in [6, 6.07) is 3.75. The molecule has 1 aliphatic carbocycles. The second-order valence-corrected chi connectivity index (χ2v) is 4.90. The van der Waals surface area contributed by atoms with E-state index < -0.39 is 5.97 Å². The van der Waals surface area contributed by atoms with Crippen LogP contribution in [0, 0.1) is 23.2 Å². The van der Waals surface area contributed by atoms with Crippen LogP contribution in [0.3, 0.4) is 0 Å². The lowest BCUT2D eigenvalue weighted by Gasteiger charge is -2.28. The molecule has 5 heteroatoms. The van der Waals surface area contributed by atoms with Gasteiger partial charge in [0.15, 0.2) is 0 Å². The molecule has 1 heterocycles. The number of carboxylic acids is 1. The number of aliphatic carboxylic acids is 1. The first kappa shape index (κ1) is 13.3. The number of pyridine rings is 1. The molecule has 0 amide bonds. The smallest absolute Gasteiger partial charge is 0.306 e. The molecule has 0 spiro atoms. The summed E-state index contributed by atoms with van der Waals surface area (Å²) in [5, 5.41) is 21.4. The number of carboxylic acid groups (broad SMARTS) is 1. The molecule has 19 heavy (non-hydrogen) atoms. The topological polar surface area (TPSA) is 86.0 Å². The molecule has 5 nitrogen and oxygen atoms in total. The largest absolute Gasteiger partial charge is 0.481 e. The molecule has 0 radical (unpaired) electrons. The van der Waals surface area contributed by atoms with Crippen LogP contribution in [0.1, 0.15) is 31.2 Å². The van der Waals surface area contributed by atoms with Crippen molar-refractivity contribution in [3.05, 3.63) is 24.0 Å². The molecule has 2 rings (SSSR count). The number of nitriles is 1. The number of carbonyl (C=O) groups is 1. The molecule has 2 unspecified atom stereocenters. The third-order valence-electron chi connectivity index (χ3n) is 3.72. The third kappa shape index (κ3) is 3.22. The lowest BCUT2D eigenvalue weighted by atomic mass is 9.79. The van der Waals surface area contributed by atoms with E-state index in [0.29, 0.717) is 17.8 Å². The van der Waals surface area contributed by atoms with Gasteiger partial charge in [-0.1, -0.05) is 12.8 Å². The summed E-state index contributed by atoms with van der Waals surface area (Å²) in [6.45, 7) is 0.581. The van der Waals surface area contributed by atoms with Crippen LogP contribution in [0.15, 0.2) is 18.5 Å². The first-order valence-electron chi connectivity index (χ1n) is 6.53. The van der Waals surface area contributed by atoms with E-state index in [4.69, 9.17) is 5.26 Å². The van der Waals surface area contributed by atoms with Crippen LogP contribution < -0.4 is 5.32 Å². The molecule has 1 aliphatic rings. The Bertz CT molecular complexity index is 496. The fourth-order valence-corrected chi connectivity index (χ4v) is 2.65. The summed E-state index contributed by atoms with van der Waals surface area (Å²) in [6.07, 6.45) is 6.92. The van der Waals surface area contributed by atoms with Crippen molar-refractivity contribution < 1.29 is 9.90 Å². The third-order valence-corrected chi connectivity index (χ3v) is 3.72. The van der Waals surface area contributed by atoms with Gasteiger partial charge in [0.05, 0.1) is 23.4 Å². The molecule has 0 bridgehead atoms. The van der Waals surface area contributed by atoms with Crippen molar-refractivity contribution in [2.75, 3.05) is 11.9 Å². The number of aromatic nitrogens is 1. The zero-order valence-corrected chi connectivity index (χ0v) is 10.7. The maximum Gasteiger partial charge on any atom is 0.306 e. The van der Waals surface area contributed by atoms with Gasteiger partial charge < -0.3 is 10.4 Å². The van der Waals surface area contributed by atoms with E-state index >= 15 is 0 Å². The van der Waals surface area contributed by atoms with E-state index in [1.54, 1.807) is 18.5 Å². The Balaban J connectivity index is 2.01. The molecule has 1 fully saturated rings. The summed E-state index contributed by atoms with van der Waals surface area (Å²) in [7, 11) is 0. The van der Waals surface area contributed by atoms with Crippen molar-refractivity contribution in [1.29, 1.82) is 5.26 Å². The summed E-state index contributed by atoms with van der Waals surface area (Å²) in [5.41, 5.74) is 1.22.